The van der Waals surface area contributed by atoms with E-state index in [9.17, 15) is 9.59 Å². The van der Waals surface area contributed by atoms with Gasteiger partial charge in [-0.1, -0.05) is 11.6 Å². The number of ether oxygens (including phenoxy) is 1. The predicted molar refractivity (Wildman–Crippen MR) is 153 cm³/mol. The fourth-order valence-electron chi connectivity index (χ4n) is 6.15. The van der Waals surface area contributed by atoms with E-state index >= 15 is 0 Å². The Morgan fingerprint density at radius 1 is 1.10 bits per heavy atom. The number of rotatable bonds is 6. The SMILES string of the molecule is CC1=CC(C)=C(CNC(=O)c2cc(-c3cnc(N4C[C@@H]5C[C@H]4CO5)nc3)cc(-c3c(C)cnn3C)c2C)C(=O)C1. The first-order chi connectivity index (χ1) is 19.2. The molecule has 0 radical (unpaired) electrons. The number of ketones is 1. The number of Topliss-reactive ketones (excluding diaryl/α,β-unsaturated/α-hetero) is 1. The van der Waals surface area contributed by atoms with Crippen molar-refractivity contribution in [2.45, 2.75) is 52.7 Å². The summed E-state index contributed by atoms with van der Waals surface area (Å²) in [4.78, 5) is 37.9. The zero-order chi connectivity index (χ0) is 28.1. The summed E-state index contributed by atoms with van der Waals surface area (Å²) in [6.07, 6.45) is 9.17. The number of anilines is 1. The smallest absolute Gasteiger partial charge is 0.251 e. The van der Waals surface area contributed by atoms with Crippen LogP contribution in [0.3, 0.4) is 0 Å². The molecule has 2 saturated heterocycles. The molecule has 206 valence electrons. The van der Waals surface area contributed by atoms with Gasteiger partial charge in [-0.05, 0) is 68.5 Å². The number of aromatic nitrogens is 4. The molecular formula is C31H34N6O3. The van der Waals surface area contributed by atoms with E-state index < -0.39 is 0 Å². The van der Waals surface area contributed by atoms with Crippen LogP contribution in [0.1, 0.15) is 48.2 Å². The van der Waals surface area contributed by atoms with Crippen LogP contribution in [0.25, 0.3) is 22.4 Å². The summed E-state index contributed by atoms with van der Waals surface area (Å²) in [7, 11) is 1.90. The van der Waals surface area contributed by atoms with E-state index in [1.54, 1.807) is 0 Å². The number of hydrogen-bond acceptors (Lipinski definition) is 7. The van der Waals surface area contributed by atoms with Crippen LogP contribution < -0.4 is 10.2 Å². The lowest BCUT2D eigenvalue weighted by atomic mass is 9.91. The molecule has 1 aromatic carbocycles. The highest BCUT2D eigenvalue weighted by Crippen LogP contribution is 2.35. The van der Waals surface area contributed by atoms with Gasteiger partial charge < -0.3 is 15.0 Å². The van der Waals surface area contributed by atoms with E-state index in [0.29, 0.717) is 29.5 Å². The summed E-state index contributed by atoms with van der Waals surface area (Å²) < 4.78 is 7.55. The van der Waals surface area contributed by atoms with Crippen molar-refractivity contribution in [1.82, 2.24) is 25.1 Å². The first-order valence-electron chi connectivity index (χ1n) is 13.7. The molecule has 2 aliphatic heterocycles. The first-order valence-corrected chi connectivity index (χ1v) is 13.7. The summed E-state index contributed by atoms with van der Waals surface area (Å²) in [6.45, 7) is 9.56. The third-order valence-electron chi connectivity index (χ3n) is 8.30. The highest BCUT2D eigenvalue weighted by Gasteiger charge is 2.40. The maximum absolute atomic E-state index is 13.6. The third-order valence-corrected chi connectivity index (χ3v) is 8.30. The Labute approximate surface area is 234 Å². The third kappa shape index (κ3) is 4.64. The number of allylic oxidation sites excluding steroid dienone is 3. The van der Waals surface area contributed by atoms with E-state index in [4.69, 9.17) is 14.7 Å². The Balaban J connectivity index is 1.35. The summed E-state index contributed by atoms with van der Waals surface area (Å²) >= 11 is 0. The molecule has 2 fully saturated rings. The average Bonchev–Trinajstić information content (AvgIpc) is 3.65. The lowest BCUT2D eigenvalue weighted by Gasteiger charge is -2.26. The van der Waals surface area contributed by atoms with E-state index in [2.05, 4.69) is 21.4 Å². The van der Waals surface area contributed by atoms with Crippen molar-refractivity contribution >= 4 is 17.6 Å². The van der Waals surface area contributed by atoms with Crippen molar-refractivity contribution in [1.29, 1.82) is 0 Å². The number of carbonyl (C=O) groups excluding carboxylic acids is 2. The average molecular weight is 539 g/mol. The highest BCUT2D eigenvalue weighted by atomic mass is 16.5. The van der Waals surface area contributed by atoms with Crippen LogP contribution in [0.15, 0.2) is 53.5 Å². The second-order valence-corrected chi connectivity index (χ2v) is 11.2. The van der Waals surface area contributed by atoms with Crippen LogP contribution in [-0.4, -0.2) is 63.3 Å². The summed E-state index contributed by atoms with van der Waals surface area (Å²) in [5.41, 5.74) is 8.52. The van der Waals surface area contributed by atoms with Gasteiger partial charge in [0.1, 0.15) is 0 Å². The van der Waals surface area contributed by atoms with Crippen LogP contribution in [0.5, 0.6) is 0 Å². The van der Waals surface area contributed by atoms with E-state index in [-0.39, 0.29) is 24.3 Å². The zero-order valence-electron chi connectivity index (χ0n) is 23.6. The predicted octanol–water partition coefficient (Wildman–Crippen LogP) is 4.10. The minimum atomic E-state index is -0.231. The van der Waals surface area contributed by atoms with Gasteiger partial charge in [0.05, 0.1) is 30.6 Å². The van der Waals surface area contributed by atoms with Crippen LogP contribution in [0.2, 0.25) is 0 Å². The quantitative estimate of drug-likeness (QED) is 0.504. The standard InChI is InChI=1S/C31H34N6O3/c1-17-6-18(2)27(28(38)7-17)14-32-30(39)26-9-21(8-25(20(26)4)29-19(3)11-35-36(29)5)22-12-33-31(34-13-22)37-15-24-10-23(37)16-40-24/h6,8-9,11-13,23-24H,7,10,14-16H2,1-5H3,(H,32,39)/t23-,24-/m0/s1. The molecule has 1 N–H and O–H groups in total. The monoisotopic (exact) mass is 538 g/mol. The first kappa shape index (κ1) is 26.1. The molecule has 3 aromatic rings. The van der Waals surface area contributed by atoms with E-state index in [1.165, 1.54) is 0 Å². The van der Waals surface area contributed by atoms with Crippen LogP contribution in [0, 0.1) is 13.8 Å². The molecule has 0 spiro atoms. The molecule has 9 nitrogen and oxygen atoms in total. The number of benzene rings is 1. The molecule has 4 heterocycles. The molecule has 6 rings (SSSR count). The molecular weight excluding hydrogens is 504 g/mol. The fourth-order valence-corrected chi connectivity index (χ4v) is 6.15. The molecule has 1 aliphatic carbocycles. The van der Waals surface area contributed by atoms with Crippen molar-refractivity contribution in [3.63, 3.8) is 0 Å². The van der Waals surface area contributed by atoms with Gasteiger partial charge in [0, 0.05) is 61.2 Å². The lowest BCUT2D eigenvalue weighted by molar-refractivity contribution is -0.115. The minimum Gasteiger partial charge on any atom is -0.374 e. The number of fused-ring (bicyclic) bond motifs is 2. The van der Waals surface area contributed by atoms with Crippen molar-refractivity contribution in [2.24, 2.45) is 7.05 Å². The van der Waals surface area contributed by atoms with Gasteiger partial charge in [-0.15, -0.1) is 0 Å². The molecule has 1 amide bonds. The molecule has 0 unspecified atom stereocenters. The largest absolute Gasteiger partial charge is 0.374 e. The summed E-state index contributed by atoms with van der Waals surface area (Å²) in [6, 6.07) is 4.29. The van der Waals surface area contributed by atoms with Gasteiger partial charge >= 0.3 is 0 Å². The van der Waals surface area contributed by atoms with Crippen molar-refractivity contribution in [3.8, 4) is 22.4 Å². The number of nitrogens with one attached hydrogen (secondary N) is 1. The molecule has 0 saturated carbocycles. The van der Waals surface area contributed by atoms with Gasteiger partial charge in [0.25, 0.3) is 5.91 Å². The van der Waals surface area contributed by atoms with Gasteiger partial charge in [-0.25, -0.2) is 9.97 Å². The molecule has 2 aromatic heterocycles. The maximum atomic E-state index is 13.6. The number of amides is 1. The number of aryl methyl sites for hydroxylation is 2. The number of nitrogens with zero attached hydrogens (tertiary/aromatic N) is 5. The Kier molecular flexibility index (Phi) is 6.62. The van der Waals surface area contributed by atoms with Crippen molar-refractivity contribution in [2.75, 3.05) is 24.6 Å². The summed E-state index contributed by atoms with van der Waals surface area (Å²) in [5.74, 6) is 0.535. The highest BCUT2D eigenvalue weighted by molar-refractivity contribution is 6.02. The second-order valence-electron chi connectivity index (χ2n) is 11.2. The zero-order valence-corrected chi connectivity index (χ0v) is 23.6. The number of morpholine rings is 1. The molecule has 40 heavy (non-hydrogen) atoms. The van der Waals surface area contributed by atoms with E-state index in [1.807, 2.05) is 70.2 Å². The fraction of sp³-hybridized carbons (Fsp3) is 0.387. The second kappa shape index (κ2) is 10.1. The molecule has 2 atom stereocenters. The number of carbonyl (C=O) groups is 2. The Morgan fingerprint density at radius 2 is 1.88 bits per heavy atom. The molecule has 2 bridgehead atoms. The topological polar surface area (TPSA) is 102 Å². The van der Waals surface area contributed by atoms with Gasteiger partial charge in [0.2, 0.25) is 5.95 Å². The van der Waals surface area contributed by atoms with Crippen LogP contribution in [0.4, 0.5) is 5.95 Å². The van der Waals surface area contributed by atoms with Gasteiger partial charge in [-0.2, -0.15) is 5.10 Å². The maximum Gasteiger partial charge on any atom is 0.251 e. The summed E-state index contributed by atoms with van der Waals surface area (Å²) in [5, 5.41) is 7.44. The van der Waals surface area contributed by atoms with E-state index in [0.717, 1.165) is 64.2 Å². The Hall–Kier alpha value is -4.11. The lowest BCUT2D eigenvalue weighted by Crippen LogP contribution is -2.38. The Morgan fingerprint density at radius 3 is 2.50 bits per heavy atom. The van der Waals surface area contributed by atoms with Crippen molar-refractivity contribution < 1.29 is 14.3 Å². The van der Waals surface area contributed by atoms with Crippen molar-refractivity contribution in [3.05, 3.63) is 70.2 Å². The molecule has 9 heteroatoms. The Bertz CT molecular complexity index is 1560. The number of hydrogen-bond donors (Lipinski definition) is 1. The molecule has 3 aliphatic rings. The van der Waals surface area contributed by atoms with Gasteiger partial charge in [0.15, 0.2) is 5.78 Å². The minimum absolute atomic E-state index is 0.0597. The van der Waals surface area contributed by atoms with Gasteiger partial charge in [-0.3, -0.25) is 14.3 Å². The van der Waals surface area contributed by atoms with Crippen LogP contribution >= 0.6 is 0 Å². The van der Waals surface area contributed by atoms with Crippen LogP contribution in [-0.2, 0) is 16.6 Å². The normalized spacial score (nSPS) is 20.4.